The smallest absolute Gasteiger partial charge is 0.221 e. The van der Waals surface area contributed by atoms with Crippen molar-refractivity contribution in [2.45, 2.75) is 39.3 Å². The van der Waals surface area contributed by atoms with Crippen molar-refractivity contribution in [1.82, 2.24) is 10.6 Å². The first-order valence-corrected chi connectivity index (χ1v) is 7.03. The fourth-order valence-electron chi connectivity index (χ4n) is 1.56. The molecule has 3 nitrogen and oxygen atoms in total. The Balaban J connectivity index is 2.27. The van der Waals surface area contributed by atoms with Crippen molar-refractivity contribution in [2.75, 3.05) is 6.54 Å². The van der Waals surface area contributed by atoms with Gasteiger partial charge in [-0.2, -0.15) is 0 Å². The zero-order valence-corrected chi connectivity index (χ0v) is 13.1. The van der Waals surface area contributed by atoms with Crippen molar-refractivity contribution in [3.8, 4) is 0 Å². The van der Waals surface area contributed by atoms with Crippen molar-refractivity contribution < 1.29 is 9.18 Å². The number of hydrogen-bond acceptors (Lipinski definition) is 2. The molecule has 1 rings (SSSR count). The summed E-state index contributed by atoms with van der Waals surface area (Å²) in [5.74, 6) is -0.258. The van der Waals surface area contributed by atoms with Crippen LogP contribution in [0, 0.1) is 5.82 Å². The van der Waals surface area contributed by atoms with Gasteiger partial charge >= 0.3 is 0 Å². The van der Waals surface area contributed by atoms with Crippen molar-refractivity contribution in [1.29, 1.82) is 0 Å². The maximum atomic E-state index is 13.3. The van der Waals surface area contributed by atoms with E-state index in [-0.39, 0.29) is 17.3 Å². The van der Waals surface area contributed by atoms with Crippen LogP contribution < -0.4 is 10.6 Å². The third-order valence-electron chi connectivity index (χ3n) is 2.36. The molecule has 1 amide bonds. The first kappa shape index (κ1) is 16.1. The first-order chi connectivity index (χ1) is 8.78. The molecular formula is C14H20BrFN2O. The lowest BCUT2D eigenvalue weighted by molar-refractivity contribution is -0.122. The van der Waals surface area contributed by atoms with Crippen LogP contribution in [0.5, 0.6) is 0 Å². The van der Waals surface area contributed by atoms with Gasteiger partial charge in [0.1, 0.15) is 5.82 Å². The molecule has 19 heavy (non-hydrogen) atoms. The van der Waals surface area contributed by atoms with E-state index in [0.29, 0.717) is 24.0 Å². The maximum absolute atomic E-state index is 13.3. The molecule has 0 aliphatic heterocycles. The topological polar surface area (TPSA) is 41.1 Å². The Morgan fingerprint density at radius 2 is 2.05 bits per heavy atom. The quantitative estimate of drug-likeness (QED) is 0.815. The van der Waals surface area contributed by atoms with Gasteiger partial charge in [-0.3, -0.25) is 4.79 Å². The molecule has 0 atom stereocenters. The Labute approximate surface area is 122 Å². The van der Waals surface area contributed by atoms with Crippen LogP contribution in [0.15, 0.2) is 22.7 Å². The summed E-state index contributed by atoms with van der Waals surface area (Å²) in [6.45, 7) is 6.96. The largest absolute Gasteiger partial charge is 0.351 e. The molecule has 0 saturated carbocycles. The van der Waals surface area contributed by atoms with E-state index in [2.05, 4.69) is 26.6 Å². The minimum absolute atomic E-state index is 0.0157. The molecule has 2 N–H and O–H groups in total. The minimum atomic E-state index is -0.273. The van der Waals surface area contributed by atoms with E-state index >= 15 is 0 Å². The molecule has 0 saturated heterocycles. The molecular weight excluding hydrogens is 311 g/mol. The van der Waals surface area contributed by atoms with Gasteiger partial charge in [-0.15, -0.1) is 0 Å². The van der Waals surface area contributed by atoms with Gasteiger partial charge in [0.2, 0.25) is 5.91 Å². The molecule has 0 aromatic heterocycles. The summed E-state index contributed by atoms with van der Waals surface area (Å²) in [6, 6.07) is 5.00. The number of rotatable bonds is 5. The summed E-state index contributed by atoms with van der Waals surface area (Å²) in [5, 5.41) is 6.01. The van der Waals surface area contributed by atoms with E-state index in [4.69, 9.17) is 0 Å². The summed E-state index contributed by atoms with van der Waals surface area (Å²) in [6.07, 6.45) is 0.413. The number of hydrogen-bond donors (Lipinski definition) is 2. The number of nitrogens with one attached hydrogen (secondary N) is 2. The lowest BCUT2D eigenvalue weighted by Crippen LogP contribution is -2.41. The second-order valence-electron chi connectivity index (χ2n) is 5.47. The van der Waals surface area contributed by atoms with Crippen molar-refractivity contribution in [2.24, 2.45) is 0 Å². The summed E-state index contributed by atoms with van der Waals surface area (Å²) >= 11 is 3.11. The third kappa shape index (κ3) is 6.68. The number of benzene rings is 1. The molecule has 0 spiro atoms. The number of halogens is 2. The minimum Gasteiger partial charge on any atom is -0.351 e. The van der Waals surface area contributed by atoms with Crippen LogP contribution in [-0.4, -0.2) is 18.0 Å². The average molecular weight is 331 g/mol. The monoisotopic (exact) mass is 330 g/mol. The second-order valence-corrected chi connectivity index (χ2v) is 6.33. The number of carbonyl (C=O) groups excluding carboxylic acids is 1. The predicted octanol–water partition coefficient (Wildman–Crippen LogP) is 2.98. The zero-order valence-electron chi connectivity index (χ0n) is 11.5. The predicted molar refractivity (Wildman–Crippen MR) is 78.3 cm³/mol. The van der Waals surface area contributed by atoms with Crippen molar-refractivity contribution in [3.63, 3.8) is 0 Å². The maximum Gasteiger partial charge on any atom is 0.221 e. The molecule has 5 heteroatoms. The number of amides is 1. The molecule has 0 fully saturated rings. The number of carbonyl (C=O) groups is 1. The van der Waals surface area contributed by atoms with Crippen LogP contribution >= 0.6 is 15.9 Å². The molecule has 0 aliphatic carbocycles. The second kappa shape index (κ2) is 7.01. The Morgan fingerprint density at radius 3 is 2.63 bits per heavy atom. The van der Waals surface area contributed by atoms with Gasteiger partial charge in [-0.1, -0.05) is 6.07 Å². The van der Waals surface area contributed by atoms with E-state index in [9.17, 15) is 9.18 Å². The lowest BCUT2D eigenvalue weighted by atomic mass is 10.1. The molecule has 1 aromatic carbocycles. The van der Waals surface area contributed by atoms with E-state index in [0.717, 1.165) is 5.56 Å². The molecule has 1 aromatic rings. The van der Waals surface area contributed by atoms with Crippen LogP contribution in [0.25, 0.3) is 0 Å². The highest BCUT2D eigenvalue weighted by molar-refractivity contribution is 9.10. The molecule has 0 unspecified atom stereocenters. The van der Waals surface area contributed by atoms with E-state index in [1.54, 1.807) is 6.07 Å². The summed E-state index contributed by atoms with van der Waals surface area (Å²) in [7, 11) is 0. The normalized spacial score (nSPS) is 11.4. The van der Waals surface area contributed by atoms with Crippen LogP contribution in [-0.2, 0) is 11.3 Å². The highest BCUT2D eigenvalue weighted by atomic mass is 79.9. The van der Waals surface area contributed by atoms with Crippen LogP contribution in [0.1, 0.15) is 32.8 Å². The summed E-state index contributed by atoms with van der Waals surface area (Å²) < 4.78 is 13.7. The van der Waals surface area contributed by atoms with Gasteiger partial charge in [0.05, 0.1) is 4.47 Å². The molecule has 0 bridgehead atoms. The lowest BCUT2D eigenvalue weighted by Gasteiger charge is -2.20. The molecule has 0 radical (unpaired) electrons. The van der Waals surface area contributed by atoms with Crippen LogP contribution in [0.3, 0.4) is 0 Å². The molecule has 106 valence electrons. The Bertz CT molecular complexity index is 444. The fraction of sp³-hybridized carbons (Fsp3) is 0.500. The van der Waals surface area contributed by atoms with Gasteiger partial charge in [-0.05, 0) is 54.4 Å². The van der Waals surface area contributed by atoms with Gasteiger partial charge in [0.15, 0.2) is 0 Å². The van der Waals surface area contributed by atoms with Crippen molar-refractivity contribution >= 4 is 21.8 Å². The van der Waals surface area contributed by atoms with Gasteiger partial charge < -0.3 is 10.6 Å². The van der Waals surface area contributed by atoms with E-state index < -0.39 is 0 Å². The molecule has 0 heterocycles. The van der Waals surface area contributed by atoms with Gasteiger partial charge in [-0.25, -0.2) is 4.39 Å². The fourth-order valence-corrected chi connectivity index (χ4v) is 1.81. The van der Waals surface area contributed by atoms with Gasteiger partial charge in [0, 0.05) is 25.0 Å². The highest BCUT2D eigenvalue weighted by Gasteiger charge is 2.12. The van der Waals surface area contributed by atoms with Crippen LogP contribution in [0.4, 0.5) is 4.39 Å². The standard InChI is InChI=1S/C14H20BrFN2O/c1-14(2,3)18-13(19)6-7-17-9-10-4-5-11(15)12(16)8-10/h4-5,8,17H,6-7,9H2,1-3H3,(H,18,19). The third-order valence-corrected chi connectivity index (χ3v) is 3.00. The summed E-state index contributed by atoms with van der Waals surface area (Å²) in [5.41, 5.74) is 0.656. The Morgan fingerprint density at radius 1 is 1.37 bits per heavy atom. The van der Waals surface area contributed by atoms with E-state index in [1.165, 1.54) is 6.07 Å². The zero-order chi connectivity index (χ0) is 14.5. The SMILES string of the molecule is CC(C)(C)NC(=O)CCNCc1ccc(Br)c(F)c1. The molecule has 0 aliphatic rings. The average Bonchev–Trinajstić information content (AvgIpc) is 2.27. The van der Waals surface area contributed by atoms with E-state index in [1.807, 2.05) is 26.8 Å². The summed E-state index contributed by atoms with van der Waals surface area (Å²) in [4.78, 5) is 11.6. The van der Waals surface area contributed by atoms with Crippen molar-refractivity contribution in [3.05, 3.63) is 34.1 Å². The highest BCUT2D eigenvalue weighted by Crippen LogP contribution is 2.16. The Kier molecular flexibility index (Phi) is 5.94. The Hall–Kier alpha value is -0.940. The van der Waals surface area contributed by atoms with Gasteiger partial charge in [0.25, 0.3) is 0 Å². The first-order valence-electron chi connectivity index (χ1n) is 6.23. The van der Waals surface area contributed by atoms with Crippen LogP contribution in [0.2, 0.25) is 0 Å².